The van der Waals surface area contributed by atoms with Crippen LogP contribution in [0.4, 0.5) is 0 Å². The highest BCUT2D eigenvalue weighted by atomic mass is 32.2. The van der Waals surface area contributed by atoms with E-state index in [0.29, 0.717) is 17.2 Å². The molecular weight excluding hydrogens is 507 g/mol. The lowest BCUT2D eigenvalue weighted by molar-refractivity contribution is 0.414. The summed E-state index contributed by atoms with van der Waals surface area (Å²) >= 11 is 0. The molecule has 0 bridgehead atoms. The van der Waals surface area contributed by atoms with E-state index in [1.807, 2.05) is 79.7 Å². The van der Waals surface area contributed by atoms with Gasteiger partial charge in [-0.3, -0.25) is 0 Å². The van der Waals surface area contributed by atoms with E-state index >= 15 is 0 Å². The molecule has 0 fully saturated rings. The first kappa shape index (κ1) is 26.7. The summed E-state index contributed by atoms with van der Waals surface area (Å²) in [4.78, 5) is 0.110. The predicted molar refractivity (Wildman–Crippen MR) is 147 cm³/mol. The second-order valence-electron chi connectivity index (χ2n) is 8.39. The molecule has 4 aromatic rings. The SMILES string of the molecule is COc1ccc(C(POS(=O)(=O)c2ccc(C)cc2)(c2ccc(OC)cc2)c2ccc(OC)cc2)cc1. The molecule has 8 heteroatoms. The molecule has 0 aromatic heterocycles. The largest absolute Gasteiger partial charge is 0.497 e. The average Bonchev–Trinajstić information content (AvgIpc) is 2.94. The number of benzene rings is 4. The van der Waals surface area contributed by atoms with Gasteiger partial charge in [-0.2, -0.15) is 8.42 Å². The van der Waals surface area contributed by atoms with Crippen LogP contribution in [0.1, 0.15) is 22.3 Å². The molecule has 0 radical (unpaired) electrons. The minimum absolute atomic E-state index is 0.110. The Labute approximate surface area is 220 Å². The first-order chi connectivity index (χ1) is 17.8. The molecule has 0 saturated carbocycles. The van der Waals surface area contributed by atoms with E-state index in [2.05, 4.69) is 0 Å². The molecule has 4 rings (SSSR count). The molecule has 1 atom stereocenters. The molecule has 0 amide bonds. The van der Waals surface area contributed by atoms with Crippen LogP contribution in [0.5, 0.6) is 17.2 Å². The van der Waals surface area contributed by atoms with Crippen LogP contribution in [-0.2, 0) is 19.2 Å². The van der Waals surface area contributed by atoms with E-state index in [0.717, 1.165) is 22.3 Å². The number of rotatable bonds is 10. The van der Waals surface area contributed by atoms with Gasteiger partial charge in [0.25, 0.3) is 10.1 Å². The fraction of sp³-hybridized carbons (Fsp3) is 0.172. The summed E-state index contributed by atoms with van der Waals surface area (Å²) in [5.74, 6) is 2.08. The van der Waals surface area contributed by atoms with Gasteiger partial charge in [-0.15, -0.1) is 0 Å². The first-order valence-corrected chi connectivity index (χ1v) is 13.8. The van der Waals surface area contributed by atoms with E-state index in [1.165, 1.54) is 0 Å². The van der Waals surface area contributed by atoms with Crippen LogP contribution in [0.3, 0.4) is 0 Å². The van der Waals surface area contributed by atoms with Gasteiger partial charge in [-0.25, -0.2) is 3.97 Å². The summed E-state index contributed by atoms with van der Waals surface area (Å²) in [7, 11) is 0.264. The molecule has 0 aliphatic heterocycles. The Hall–Kier alpha value is -3.38. The Morgan fingerprint density at radius 2 is 0.919 bits per heavy atom. The summed E-state index contributed by atoms with van der Waals surface area (Å²) in [6.45, 7) is 1.90. The van der Waals surface area contributed by atoms with Gasteiger partial charge < -0.3 is 14.2 Å². The fourth-order valence-electron chi connectivity index (χ4n) is 4.07. The number of ether oxygens (including phenoxy) is 3. The van der Waals surface area contributed by atoms with Crippen LogP contribution in [0, 0.1) is 6.92 Å². The van der Waals surface area contributed by atoms with E-state index in [1.54, 1.807) is 45.6 Å². The summed E-state index contributed by atoms with van der Waals surface area (Å²) in [6, 6.07) is 29.4. The molecule has 0 spiro atoms. The van der Waals surface area contributed by atoms with Crippen molar-refractivity contribution in [3.63, 3.8) is 0 Å². The molecule has 6 nitrogen and oxygen atoms in total. The molecule has 37 heavy (non-hydrogen) atoms. The predicted octanol–water partition coefficient (Wildman–Crippen LogP) is 6.31. The van der Waals surface area contributed by atoms with E-state index in [-0.39, 0.29) is 4.90 Å². The molecule has 4 aromatic carbocycles. The Kier molecular flexibility index (Phi) is 8.18. The van der Waals surface area contributed by atoms with Crippen molar-refractivity contribution in [3.8, 4) is 17.2 Å². The molecular formula is C29H29O6PS. The smallest absolute Gasteiger partial charge is 0.299 e. The maximum Gasteiger partial charge on any atom is 0.299 e. The highest BCUT2D eigenvalue weighted by molar-refractivity contribution is 7.89. The quantitative estimate of drug-likeness (QED) is 0.175. The third-order valence-corrected chi connectivity index (χ3v) is 9.42. The Bertz CT molecular complexity index is 1300. The Morgan fingerprint density at radius 3 is 1.24 bits per heavy atom. The normalized spacial score (nSPS) is 12.0. The van der Waals surface area contributed by atoms with Crippen LogP contribution in [0.15, 0.2) is 102 Å². The van der Waals surface area contributed by atoms with Crippen molar-refractivity contribution in [1.29, 1.82) is 0 Å². The Balaban J connectivity index is 1.90. The monoisotopic (exact) mass is 536 g/mol. The zero-order valence-electron chi connectivity index (χ0n) is 21.1. The van der Waals surface area contributed by atoms with E-state index in [9.17, 15) is 8.42 Å². The van der Waals surface area contributed by atoms with Crippen LogP contribution in [0.2, 0.25) is 0 Å². The minimum atomic E-state index is -4.03. The van der Waals surface area contributed by atoms with Gasteiger partial charge in [0.1, 0.15) is 17.2 Å². The van der Waals surface area contributed by atoms with E-state index < -0.39 is 24.1 Å². The minimum Gasteiger partial charge on any atom is -0.497 e. The van der Waals surface area contributed by atoms with Crippen molar-refractivity contribution in [1.82, 2.24) is 0 Å². The molecule has 1 unspecified atom stereocenters. The summed E-state index contributed by atoms with van der Waals surface area (Å²) in [5, 5.41) is -0.956. The highest BCUT2D eigenvalue weighted by Crippen LogP contribution is 2.54. The zero-order chi connectivity index (χ0) is 26.5. The summed E-state index contributed by atoms with van der Waals surface area (Å²) in [5.41, 5.74) is 3.51. The topological polar surface area (TPSA) is 71.1 Å². The van der Waals surface area contributed by atoms with Crippen molar-refractivity contribution in [3.05, 3.63) is 119 Å². The lowest BCUT2D eigenvalue weighted by Crippen LogP contribution is -2.25. The summed E-state index contributed by atoms with van der Waals surface area (Å²) in [6.07, 6.45) is 0. The zero-order valence-corrected chi connectivity index (χ0v) is 22.9. The van der Waals surface area contributed by atoms with Crippen LogP contribution >= 0.6 is 8.81 Å². The maximum absolute atomic E-state index is 13.3. The summed E-state index contributed by atoms with van der Waals surface area (Å²) < 4.78 is 48.6. The van der Waals surface area contributed by atoms with Crippen molar-refractivity contribution >= 4 is 18.9 Å². The lowest BCUT2D eigenvalue weighted by atomic mass is 9.84. The fourth-order valence-corrected chi connectivity index (χ4v) is 6.72. The van der Waals surface area contributed by atoms with Crippen LogP contribution in [-0.4, -0.2) is 29.7 Å². The van der Waals surface area contributed by atoms with Gasteiger partial charge >= 0.3 is 0 Å². The van der Waals surface area contributed by atoms with E-state index in [4.69, 9.17) is 18.2 Å². The highest BCUT2D eigenvalue weighted by Gasteiger charge is 2.39. The van der Waals surface area contributed by atoms with Crippen molar-refractivity contribution < 1.29 is 26.6 Å². The van der Waals surface area contributed by atoms with Gasteiger partial charge in [0.05, 0.1) is 40.2 Å². The maximum atomic E-state index is 13.3. The van der Waals surface area contributed by atoms with Gasteiger partial charge in [0.2, 0.25) is 0 Å². The number of methoxy groups -OCH3 is 3. The van der Waals surface area contributed by atoms with Crippen LogP contribution < -0.4 is 14.2 Å². The molecule has 0 saturated heterocycles. The third-order valence-electron chi connectivity index (χ3n) is 6.18. The molecule has 0 aliphatic carbocycles. The molecule has 0 aliphatic rings. The molecule has 192 valence electrons. The van der Waals surface area contributed by atoms with Crippen molar-refractivity contribution in [2.24, 2.45) is 0 Å². The van der Waals surface area contributed by atoms with Gasteiger partial charge in [0.15, 0.2) is 0 Å². The number of hydrogen-bond acceptors (Lipinski definition) is 6. The molecule has 0 N–H and O–H groups in total. The van der Waals surface area contributed by atoms with Crippen molar-refractivity contribution in [2.45, 2.75) is 17.0 Å². The second-order valence-corrected chi connectivity index (χ2v) is 11.4. The third kappa shape index (κ3) is 5.64. The number of hydrogen-bond donors (Lipinski definition) is 0. The van der Waals surface area contributed by atoms with Crippen molar-refractivity contribution in [2.75, 3.05) is 21.3 Å². The number of aryl methyl sites for hydroxylation is 1. The van der Waals surface area contributed by atoms with Gasteiger partial charge in [0, 0.05) is 0 Å². The van der Waals surface area contributed by atoms with Gasteiger partial charge in [-0.05, 0) is 72.1 Å². The average molecular weight is 537 g/mol. The molecule has 0 heterocycles. The first-order valence-electron chi connectivity index (χ1n) is 11.5. The lowest BCUT2D eigenvalue weighted by Gasteiger charge is -2.35. The second kappa shape index (κ2) is 11.3. The standard InChI is InChI=1S/C29H29O6PS/c1-21-5-19-28(20-6-21)37(30,31)35-36-29(22-7-13-25(32-2)14-8-22,23-9-15-26(33-3)16-10-23)24-11-17-27(34-4)18-12-24/h5-20,36H,1-4H3. The Morgan fingerprint density at radius 1 is 0.568 bits per heavy atom. The van der Waals surface area contributed by atoms with Gasteiger partial charge in [-0.1, -0.05) is 54.1 Å². The van der Waals surface area contributed by atoms with Crippen LogP contribution in [0.25, 0.3) is 0 Å².